The van der Waals surface area contributed by atoms with E-state index in [4.69, 9.17) is 0 Å². The smallest absolute Gasteiger partial charge is 0.0553 e. The highest BCUT2D eigenvalue weighted by atomic mass is 15.3. The van der Waals surface area contributed by atoms with Crippen molar-refractivity contribution in [1.82, 2.24) is 15.1 Å². The highest BCUT2D eigenvalue weighted by Crippen LogP contribution is 2.23. The molecule has 1 atom stereocenters. The lowest BCUT2D eigenvalue weighted by Crippen LogP contribution is -2.25. The molecule has 0 aliphatic carbocycles. The van der Waals surface area contributed by atoms with Crippen LogP contribution in [0, 0.1) is 20.8 Å². The van der Waals surface area contributed by atoms with E-state index in [2.05, 4.69) is 56.3 Å². The molecule has 0 saturated heterocycles. The van der Waals surface area contributed by atoms with Crippen molar-refractivity contribution in [2.45, 2.75) is 40.2 Å². The zero-order valence-electron chi connectivity index (χ0n) is 13.2. The molecule has 2 rings (SSSR count). The maximum Gasteiger partial charge on any atom is 0.0553 e. The second kappa shape index (κ2) is 6.23. The first-order valence-electron chi connectivity index (χ1n) is 7.31. The van der Waals surface area contributed by atoms with Crippen molar-refractivity contribution in [1.29, 1.82) is 0 Å². The first-order valence-corrected chi connectivity index (χ1v) is 7.31. The Balaban J connectivity index is 2.32. The molecular formula is C17H25N3. The molecule has 20 heavy (non-hydrogen) atoms. The second-order valence-corrected chi connectivity index (χ2v) is 5.57. The van der Waals surface area contributed by atoms with Crippen LogP contribution < -0.4 is 5.32 Å². The summed E-state index contributed by atoms with van der Waals surface area (Å²) in [7, 11) is 2.01. The minimum atomic E-state index is 0.313. The van der Waals surface area contributed by atoms with Crippen molar-refractivity contribution < 1.29 is 0 Å². The molecule has 0 spiro atoms. The molecule has 2 aromatic rings. The van der Waals surface area contributed by atoms with Gasteiger partial charge in [0, 0.05) is 13.2 Å². The number of hydrogen-bond donors (Lipinski definition) is 1. The summed E-state index contributed by atoms with van der Waals surface area (Å²) < 4.78 is 1.96. The van der Waals surface area contributed by atoms with E-state index in [0.717, 1.165) is 13.0 Å². The highest BCUT2D eigenvalue weighted by molar-refractivity contribution is 5.38. The molecule has 0 aliphatic heterocycles. The van der Waals surface area contributed by atoms with Crippen LogP contribution in [0.15, 0.2) is 24.4 Å². The summed E-state index contributed by atoms with van der Waals surface area (Å²) in [5.74, 6) is 0. The molecule has 1 N–H and O–H groups in total. The molecule has 1 unspecified atom stereocenters. The van der Waals surface area contributed by atoms with Crippen LogP contribution >= 0.6 is 0 Å². The zero-order chi connectivity index (χ0) is 14.7. The van der Waals surface area contributed by atoms with Crippen LogP contribution in [0.3, 0.4) is 0 Å². The third kappa shape index (κ3) is 3.10. The summed E-state index contributed by atoms with van der Waals surface area (Å²) in [5, 5.41) is 7.88. The van der Waals surface area contributed by atoms with Gasteiger partial charge in [-0.25, -0.2) is 0 Å². The lowest BCUT2D eigenvalue weighted by Gasteiger charge is -2.21. The van der Waals surface area contributed by atoms with Gasteiger partial charge in [0.25, 0.3) is 0 Å². The maximum absolute atomic E-state index is 4.30. The summed E-state index contributed by atoms with van der Waals surface area (Å²) in [4.78, 5) is 0. The summed E-state index contributed by atoms with van der Waals surface area (Å²) in [6.07, 6.45) is 2.87. The van der Waals surface area contributed by atoms with Gasteiger partial charge < -0.3 is 5.32 Å². The number of rotatable bonds is 5. The number of hydrogen-bond acceptors (Lipinski definition) is 2. The molecule has 108 valence electrons. The molecule has 3 nitrogen and oxygen atoms in total. The van der Waals surface area contributed by atoms with E-state index in [1.807, 2.05) is 17.9 Å². The van der Waals surface area contributed by atoms with E-state index in [1.54, 1.807) is 0 Å². The van der Waals surface area contributed by atoms with Gasteiger partial charge in [-0.3, -0.25) is 4.68 Å². The number of nitrogens with zero attached hydrogens (tertiary/aromatic N) is 2. The number of benzene rings is 1. The van der Waals surface area contributed by atoms with Crippen molar-refractivity contribution in [3.63, 3.8) is 0 Å². The molecule has 0 fully saturated rings. The number of aromatic nitrogens is 2. The molecule has 0 radical (unpaired) electrons. The highest BCUT2D eigenvalue weighted by Gasteiger charge is 2.17. The standard InChI is InChI=1S/C17H25N3/c1-6-18-16(17-7-8-19-20(17)5)11-15-13(3)9-12(2)10-14(15)4/h7-10,16,18H,6,11H2,1-5H3. The number of likely N-dealkylation sites (N-methyl/N-ethyl adjacent to an activating group) is 1. The van der Waals surface area contributed by atoms with Gasteiger partial charge in [0.2, 0.25) is 0 Å². The topological polar surface area (TPSA) is 29.9 Å². The Morgan fingerprint density at radius 1 is 1.20 bits per heavy atom. The molecule has 0 amide bonds. The van der Waals surface area contributed by atoms with Gasteiger partial charge in [-0.05, 0) is 56.5 Å². The van der Waals surface area contributed by atoms with Gasteiger partial charge >= 0.3 is 0 Å². The van der Waals surface area contributed by atoms with Gasteiger partial charge in [0.15, 0.2) is 0 Å². The van der Waals surface area contributed by atoms with Crippen LogP contribution in [0.25, 0.3) is 0 Å². The van der Waals surface area contributed by atoms with E-state index < -0.39 is 0 Å². The summed E-state index contributed by atoms with van der Waals surface area (Å²) in [5.41, 5.74) is 6.79. The van der Waals surface area contributed by atoms with Crippen molar-refractivity contribution in [2.24, 2.45) is 7.05 Å². The van der Waals surface area contributed by atoms with Crippen LogP contribution in [0.5, 0.6) is 0 Å². The minimum absolute atomic E-state index is 0.313. The first kappa shape index (κ1) is 14.8. The van der Waals surface area contributed by atoms with E-state index in [9.17, 15) is 0 Å². The van der Waals surface area contributed by atoms with E-state index in [0.29, 0.717) is 6.04 Å². The molecule has 1 aromatic heterocycles. The fourth-order valence-corrected chi connectivity index (χ4v) is 2.99. The normalized spacial score (nSPS) is 12.7. The van der Waals surface area contributed by atoms with Crippen LogP contribution in [0.2, 0.25) is 0 Å². The maximum atomic E-state index is 4.30. The van der Waals surface area contributed by atoms with Gasteiger partial charge in [0.1, 0.15) is 0 Å². The minimum Gasteiger partial charge on any atom is -0.309 e. The predicted molar refractivity (Wildman–Crippen MR) is 84.0 cm³/mol. The van der Waals surface area contributed by atoms with Gasteiger partial charge in [-0.15, -0.1) is 0 Å². The fraction of sp³-hybridized carbons (Fsp3) is 0.471. The first-order chi connectivity index (χ1) is 9.52. The molecule has 0 bridgehead atoms. The van der Waals surface area contributed by atoms with Crippen LogP contribution in [0.4, 0.5) is 0 Å². The fourth-order valence-electron chi connectivity index (χ4n) is 2.99. The number of aryl methyl sites for hydroxylation is 4. The summed E-state index contributed by atoms with van der Waals surface area (Å²) in [6, 6.07) is 6.96. The SMILES string of the molecule is CCNC(Cc1c(C)cc(C)cc1C)c1ccnn1C. The average Bonchev–Trinajstić information content (AvgIpc) is 2.78. The van der Waals surface area contributed by atoms with Crippen LogP contribution in [0.1, 0.15) is 40.9 Å². The monoisotopic (exact) mass is 271 g/mol. The lowest BCUT2D eigenvalue weighted by molar-refractivity contribution is 0.506. The van der Waals surface area contributed by atoms with E-state index in [-0.39, 0.29) is 0 Å². The molecule has 1 aromatic carbocycles. The van der Waals surface area contributed by atoms with Crippen molar-refractivity contribution in [3.05, 3.63) is 52.3 Å². The van der Waals surface area contributed by atoms with E-state index >= 15 is 0 Å². The van der Waals surface area contributed by atoms with Gasteiger partial charge in [-0.1, -0.05) is 24.6 Å². The Morgan fingerprint density at radius 2 is 1.85 bits per heavy atom. The Hall–Kier alpha value is -1.61. The zero-order valence-corrected chi connectivity index (χ0v) is 13.2. The van der Waals surface area contributed by atoms with Gasteiger partial charge in [0.05, 0.1) is 11.7 Å². The van der Waals surface area contributed by atoms with Crippen LogP contribution in [-0.4, -0.2) is 16.3 Å². The Labute approximate surface area is 122 Å². The quantitative estimate of drug-likeness (QED) is 0.904. The van der Waals surface area contributed by atoms with Gasteiger partial charge in [-0.2, -0.15) is 5.10 Å². The lowest BCUT2D eigenvalue weighted by atomic mass is 9.93. The Kier molecular flexibility index (Phi) is 4.61. The van der Waals surface area contributed by atoms with E-state index in [1.165, 1.54) is 27.9 Å². The van der Waals surface area contributed by atoms with Crippen molar-refractivity contribution in [3.8, 4) is 0 Å². The Morgan fingerprint density at radius 3 is 2.35 bits per heavy atom. The molecule has 0 aliphatic rings. The molecular weight excluding hydrogens is 246 g/mol. The van der Waals surface area contributed by atoms with Crippen molar-refractivity contribution in [2.75, 3.05) is 6.54 Å². The third-order valence-corrected chi connectivity index (χ3v) is 3.91. The van der Waals surface area contributed by atoms with Crippen molar-refractivity contribution >= 4 is 0 Å². The molecule has 3 heteroatoms. The largest absolute Gasteiger partial charge is 0.309 e. The summed E-state index contributed by atoms with van der Waals surface area (Å²) >= 11 is 0. The summed E-state index contributed by atoms with van der Waals surface area (Å²) in [6.45, 7) is 9.69. The molecule has 1 heterocycles. The molecule has 0 saturated carbocycles. The number of nitrogens with one attached hydrogen (secondary N) is 1. The second-order valence-electron chi connectivity index (χ2n) is 5.57. The Bertz CT molecular complexity index is 561. The van der Waals surface area contributed by atoms with Crippen LogP contribution in [-0.2, 0) is 13.5 Å². The third-order valence-electron chi connectivity index (χ3n) is 3.91. The average molecular weight is 271 g/mol. The predicted octanol–water partition coefficient (Wildman–Crippen LogP) is 3.24.